The minimum Gasteiger partial charge on any atom is -0.493 e. The largest absolute Gasteiger partial charge is 0.493 e. The lowest BCUT2D eigenvalue weighted by molar-refractivity contribution is 0.0897. The first-order valence-corrected chi connectivity index (χ1v) is 11.7. The molecule has 0 spiro atoms. The highest BCUT2D eigenvalue weighted by Gasteiger charge is 2.28. The number of nitrogens with one attached hydrogen (secondary N) is 1. The molecule has 5 rings (SSSR count). The van der Waals surface area contributed by atoms with Crippen molar-refractivity contribution in [3.05, 3.63) is 87.6 Å². The lowest BCUT2D eigenvalue weighted by Crippen LogP contribution is -2.32. The van der Waals surface area contributed by atoms with Gasteiger partial charge in [0.1, 0.15) is 11.3 Å². The lowest BCUT2D eigenvalue weighted by Gasteiger charge is -2.26. The first-order valence-electron chi connectivity index (χ1n) is 11.0. The first kappa shape index (κ1) is 21.9. The molecule has 1 aromatic heterocycles. The van der Waals surface area contributed by atoms with Gasteiger partial charge < -0.3 is 14.5 Å². The molecular formula is C27H23Cl2NO3. The van der Waals surface area contributed by atoms with Gasteiger partial charge in [-0.25, -0.2) is 0 Å². The minimum atomic E-state index is -0.230. The van der Waals surface area contributed by atoms with E-state index in [2.05, 4.69) is 19.2 Å². The Labute approximate surface area is 202 Å². The number of rotatable bonds is 4. The van der Waals surface area contributed by atoms with E-state index < -0.39 is 0 Å². The minimum absolute atomic E-state index is 0.0900. The second-order valence-electron chi connectivity index (χ2n) is 8.54. The van der Waals surface area contributed by atoms with Gasteiger partial charge in [-0.15, -0.1) is 0 Å². The maximum absolute atomic E-state index is 13.5. The summed E-state index contributed by atoms with van der Waals surface area (Å²) in [4.78, 5) is 13.5. The van der Waals surface area contributed by atoms with Crippen LogP contribution in [-0.4, -0.2) is 12.5 Å². The summed E-state index contributed by atoms with van der Waals surface area (Å²) in [7, 11) is 0. The Hall–Kier alpha value is -2.95. The number of amides is 1. The zero-order chi connectivity index (χ0) is 23.1. The van der Waals surface area contributed by atoms with Crippen molar-refractivity contribution in [3.8, 4) is 16.9 Å². The quantitative estimate of drug-likeness (QED) is 0.325. The monoisotopic (exact) mass is 479 g/mol. The highest BCUT2D eigenvalue weighted by atomic mass is 35.5. The van der Waals surface area contributed by atoms with E-state index in [1.54, 1.807) is 6.07 Å². The molecule has 4 aromatic rings. The third-order valence-corrected chi connectivity index (χ3v) is 6.41. The van der Waals surface area contributed by atoms with E-state index >= 15 is 0 Å². The molecule has 1 N–H and O–H groups in total. The zero-order valence-corrected chi connectivity index (χ0v) is 19.8. The van der Waals surface area contributed by atoms with Crippen LogP contribution >= 0.6 is 23.2 Å². The summed E-state index contributed by atoms with van der Waals surface area (Å²) in [6, 6.07) is 19.0. The van der Waals surface area contributed by atoms with Gasteiger partial charge in [-0.2, -0.15) is 0 Å². The van der Waals surface area contributed by atoms with Crippen molar-refractivity contribution in [3.63, 3.8) is 0 Å². The Bertz CT molecular complexity index is 1340. The van der Waals surface area contributed by atoms with Gasteiger partial charge in [-0.3, -0.25) is 4.79 Å². The molecule has 168 valence electrons. The van der Waals surface area contributed by atoms with Gasteiger partial charge in [-0.05, 0) is 35.7 Å². The molecule has 0 saturated carbocycles. The zero-order valence-electron chi connectivity index (χ0n) is 18.3. The summed E-state index contributed by atoms with van der Waals surface area (Å²) in [6.45, 7) is 4.68. The van der Waals surface area contributed by atoms with Crippen LogP contribution in [0.1, 0.15) is 53.9 Å². The molecule has 1 aliphatic rings. The number of benzene rings is 3. The predicted molar refractivity (Wildman–Crippen MR) is 133 cm³/mol. The van der Waals surface area contributed by atoms with Crippen LogP contribution in [0, 0.1) is 0 Å². The van der Waals surface area contributed by atoms with Gasteiger partial charge in [0.15, 0.2) is 5.76 Å². The first-order chi connectivity index (χ1) is 15.9. The number of para-hydroxylation sites is 2. The second kappa shape index (κ2) is 8.77. The molecule has 2 heterocycles. The van der Waals surface area contributed by atoms with Crippen molar-refractivity contribution in [2.75, 3.05) is 6.61 Å². The summed E-state index contributed by atoms with van der Waals surface area (Å²) in [5.41, 5.74) is 4.20. The van der Waals surface area contributed by atoms with E-state index in [0.29, 0.717) is 34.4 Å². The average molecular weight is 480 g/mol. The molecule has 0 fully saturated rings. The van der Waals surface area contributed by atoms with Crippen molar-refractivity contribution in [1.82, 2.24) is 5.32 Å². The number of furan rings is 1. The normalized spacial score (nSPS) is 15.4. The summed E-state index contributed by atoms with van der Waals surface area (Å²) in [5, 5.41) is 5.17. The van der Waals surface area contributed by atoms with Crippen molar-refractivity contribution in [1.29, 1.82) is 0 Å². The molecule has 6 heteroatoms. The molecule has 0 aliphatic carbocycles. The molecule has 1 atom stereocenters. The highest BCUT2D eigenvalue weighted by molar-refractivity contribution is 6.35. The highest BCUT2D eigenvalue weighted by Crippen LogP contribution is 2.39. The summed E-state index contributed by atoms with van der Waals surface area (Å²) in [5.74, 6) is 1.01. The summed E-state index contributed by atoms with van der Waals surface area (Å²) < 4.78 is 12.0. The van der Waals surface area contributed by atoms with Crippen LogP contribution in [-0.2, 0) is 0 Å². The third-order valence-electron chi connectivity index (χ3n) is 5.97. The maximum atomic E-state index is 13.5. The van der Waals surface area contributed by atoms with Crippen LogP contribution in [0.4, 0.5) is 0 Å². The average Bonchev–Trinajstić information content (AvgIpc) is 3.19. The Morgan fingerprint density at radius 2 is 1.79 bits per heavy atom. The topological polar surface area (TPSA) is 51.5 Å². The van der Waals surface area contributed by atoms with Gasteiger partial charge in [0.25, 0.3) is 5.91 Å². The fraction of sp³-hybridized carbons (Fsp3) is 0.222. The maximum Gasteiger partial charge on any atom is 0.287 e. The number of hydrogen-bond acceptors (Lipinski definition) is 3. The van der Waals surface area contributed by atoms with E-state index in [0.717, 1.165) is 33.4 Å². The molecule has 1 amide bonds. The molecule has 0 saturated heterocycles. The Balaban J connectivity index is 1.59. The van der Waals surface area contributed by atoms with E-state index in [1.807, 2.05) is 54.6 Å². The molecule has 33 heavy (non-hydrogen) atoms. The molecule has 1 aliphatic heterocycles. The molecule has 4 nitrogen and oxygen atoms in total. The van der Waals surface area contributed by atoms with Crippen LogP contribution in [0.2, 0.25) is 10.0 Å². The molecule has 0 radical (unpaired) electrons. The van der Waals surface area contributed by atoms with Crippen molar-refractivity contribution >= 4 is 40.1 Å². The Morgan fingerprint density at radius 3 is 2.55 bits per heavy atom. The lowest BCUT2D eigenvalue weighted by atomic mass is 9.95. The van der Waals surface area contributed by atoms with Gasteiger partial charge in [0.2, 0.25) is 0 Å². The van der Waals surface area contributed by atoms with Crippen LogP contribution in [0.25, 0.3) is 22.1 Å². The fourth-order valence-electron chi connectivity index (χ4n) is 4.53. The van der Waals surface area contributed by atoms with E-state index in [4.69, 9.17) is 32.4 Å². The molecular weight excluding hydrogens is 457 g/mol. The van der Waals surface area contributed by atoms with Crippen LogP contribution in [0.15, 0.2) is 65.1 Å². The molecule has 0 bridgehead atoms. The second-order valence-corrected chi connectivity index (χ2v) is 9.41. The fourth-order valence-corrected chi connectivity index (χ4v) is 5.06. The van der Waals surface area contributed by atoms with Gasteiger partial charge in [0.05, 0.1) is 12.6 Å². The van der Waals surface area contributed by atoms with Gasteiger partial charge >= 0.3 is 0 Å². The number of ether oxygens (including phenoxy) is 1. The number of carbonyl (C=O) groups is 1. The third kappa shape index (κ3) is 4.09. The Kier molecular flexibility index (Phi) is 5.81. The number of carbonyl (C=O) groups excluding carboxylic acids is 1. The van der Waals surface area contributed by atoms with Gasteiger partial charge in [0, 0.05) is 38.5 Å². The van der Waals surface area contributed by atoms with E-state index in [9.17, 15) is 4.79 Å². The predicted octanol–water partition coefficient (Wildman–Crippen LogP) is 7.78. The number of fused-ring (bicyclic) bond motifs is 2. The van der Waals surface area contributed by atoms with Crippen molar-refractivity contribution < 1.29 is 13.9 Å². The molecule has 0 unspecified atom stereocenters. The standard InChI is InChI=1S/C27H23Cl2NO3/c1-15(2)24-21-8-5-7-19(16-12-17(28)14-18(29)13-16)25(21)33-26(24)27(31)30-22-10-11-32-23-9-4-3-6-20(22)23/h3-9,12-15,22H,10-11H2,1-2H3,(H,30,31)/t22-/m0/s1. The number of hydrogen-bond donors (Lipinski definition) is 1. The van der Waals surface area contributed by atoms with Gasteiger partial charge in [-0.1, -0.05) is 73.4 Å². The van der Waals surface area contributed by atoms with E-state index in [-0.39, 0.29) is 17.9 Å². The van der Waals surface area contributed by atoms with E-state index in [1.165, 1.54) is 0 Å². The summed E-state index contributed by atoms with van der Waals surface area (Å²) in [6.07, 6.45) is 0.701. The molecule has 3 aromatic carbocycles. The SMILES string of the molecule is CC(C)c1c(C(=O)N[C@H]2CCOc3ccccc32)oc2c(-c3cc(Cl)cc(Cl)c3)cccc12. The smallest absolute Gasteiger partial charge is 0.287 e. The van der Waals surface area contributed by atoms with Crippen LogP contribution in [0.5, 0.6) is 5.75 Å². The Morgan fingerprint density at radius 1 is 1.03 bits per heavy atom. The van der Waals surface area contributed by atoms with Crippen molar-refractivity contribution in [2.45, 2.75) is 32.2 Å². The summed E-state index contributed by atoms with van der Waals surface area (Å²) >= 11 is 12.5. The van der Waals surface area contributed by atoms with Crippen molar-refractivity contribution in [2.24, 2.45) is 0 Å². The van der Waals surface area contributed by atoms with Crippen LogP contribution < -0.4 is 10.1 Å². The van der Waals surface area contributed by atoms with Crippen LogP contribution in [0.3, 0.4) is 0 Å². The number of halogens is 2.